The molecule has 1 fully saturated rings. The van der Waals surface area contributed by atoms with Gasteiger partial charge in [-0.25, -0.2) is 0 Å². The van der Waals surface area contributed by atoms with Crippen LogP contribution in [-0.2, 0) is 6.42 Å². The maximum absolute atomic E-state index is 8.94. The average Bonchev–Trinajstić information content (AvgIpc) is 2.41. The van der Waals surface area contributed by atoms with Gasteiger partial charge in [0.1, 0.15) is 0 Å². The van der Waals surface area contributed by atoms with Gasteiger partial charge in [-0.05, 0) is 36.5 Å². The number of nitrogens with one attached hydrogen (secondary N) is 1. The fourth-order valence-corrected chi connectivity index (χ4v) is 2.86. The highest BCUT2D eigenvalue weighted by molar-refractivity contribution is 5.45. The van der Waals surface area contributed by atoms with Crippen LogP contribution in [0.3, 0.4) is 0 Å². The van der Waals surface area contributed by atoms with Gasteiger partial charge < -0.3 is 10.4 Å². The van der Waals surface area contributed by atoms with Gasteiger partial charge in [0.15, 0.2) is 0 Å². The molecule has 0 bridgehead atoms. The molecule has 0 saturated heterocycles. The van der Waals surface area contributed by atoms with Gasteiger partial charge in [-0.15, -0.1) is 0 Å². The van der Waals surface area contributed by atoms with Crippen LogP contribution < -0.4 is 5.32 Å². The van der Waals surface area contributed by atoms with Crippen LogP contribution in [-0.4, -0.2) is 18.3 Å². The SMILES string of the molecule is OCCc1cccc(NCCC2CCCCC2)c1. The molecule has 0 aliphatic heterocycles. The average molecular weight is 247 g/mol. The molecule has 0 unspecified atom stereocenters. The van der Waals surface area contributed by atoms with E-state index in [2.05, 4.69) is 29.6 Å². The Balaban J connectivity index is 1.73. The molecule has 2 heteroatoms. The number of benzene rings is 1. The third kappa shape index (κ3) is 4.34. The summed E-state index contributed by atoms with van der Waals surface area (Å²) in [7, 11) is 0. The van der Waals surface area contributed by atoms with Crippen molar-refractivity contribution in [2.75, 3.05) is 18.5 Å². The second-order valence-electron chi connectivity index (χ2n) is 5.39. The largest absolute Gasteiger partial charge is 0.396 e. The van der Waals surface area contributed by atoms with Crippen LogP contribution in [0.5, 0.6) is 0 Å². The summed E-state index contributed by atoms with van der Waals surface area (Å²) in [6, 6.07) is 8.40. The molecule has 1 aromatic carbocycles. The lowest BCUT2D eigenvalue weighted by molar-refractivity contribution is 0.299. The molecule has 1 aliphatic carbocycles. The van der Waals surface area contributed by atoms with Crippen molar-refractivity contribution in [3.05, 3.63) is 29.8 Å². The minimum absolute atomic E-state index is 0.228. The molecule has 0 radical (unpaired) electrons. The van der Waals surface area contributed by atoms with E-state index in [1.807, 2.05) is 0 Å². The maximum Gasteiger partial charge on any atom is 0.0471 e. The van der Waals surface area contributed by atoms with Crippen molar-refractivity contribution < 1.29 is 5.11 Å². The predicted molar refractivity (Wildman–Crippen MR) is 76.9 cm³/mol. The molecule has 2 rings (SSSR count). The summed E-state index contributed by atoms with van der Waals surface area (Å²) < 4.78 is 0. The lowest BCUT2D eigenvalue weighted by atomic mass is 9.87. The van der Waals surface area contributed by atoms with Gasteiger partial charge in [0.05, 0.1) is 0 Å². The molecule has 1 aliphatic rings. The Labute approximate surface area is 110 Å². The molecular weight excluding hydrogens is 222 g/mol. The van der Waals surface area contributed by atoms with Crippen molar-refractivity contribution in [3.8, 4) is 0 Å². The number of hydrogen-bond acceptors (Lipinski definition) is 2. The van der Waals surface area contributed by atoms with E-state index >= 15 is 0 Å². The van der Waals surface area contributed by atoms with E-state index in [-0.39, 0.29) is 6.61 Å². The molecule has 18 heavy (non-hydrogen) atoms. The molecule has 0 atom stereocenters. The van der Waals surface area contributed by atoms with Gasteiger partial charge in [0.2, 0.25) is 0 Å². The standard InChI is InChI=1S/C16H25NO/c18-12-10-15-7-4-8-16(13-15)17-11-9-14-5-2-1-3-6-14/h4,7-8,13-14,17-18H,1-3,5-6,9-12H2. The van der Waals surface area contributed by atoms with Crippen LogP contribution in [0.25, 0.3) is 0 Å². The van der Waals surface area contributed by atoms with Gasteiger partial charge >= 0.3 is 0 Å². The highest BCUT2D eigenvalue weighted by atomic mass is 16.2. The van der Waals surface area contributed by atoms with Crippen LogP contribution in [0.15, 0.2) is 24.3 Å². The van der Waals surface area contributed by atoms with Crippen LogP contribution >= 0.6 is 0 Å². The van der Waals surface area contributed by atoms with Crippen LogP contribution in [0.2, 0.25) is 0 Å². The minimum Gasteiger partial charge on any atom is -0.396 e. The topological polar surface area (TPSA) is 32.3 Å². The van der Waals surface area contributed by atoms with Gasteiger partial charge in [-0.2, -0.15) is 0 Å². The number of aliphatic hydroxyl groups is 1. The lowest BCUT2D eigenvalue weighted by Gasteiger charge is -2.21. The van der Waals surface area contributed by atoms with Crippen LogP contribution in [0.1, 0.15) is 44.1 Å². The molecule has 0 aromatic heterocycles. The van der Waals surface area contributed by atoms with Gasteiger partial charge in [-0.1, -0.05) is 44.2 Å². The molecule has 1 aromatic rings. The van der Waals surface area contributed by atoms with Crippen molar-refractivity contribution in [1.29, 1.82) is 0 Å². The fraction of sp³-hybridized carbons (Fsp3) is 0.625. The number of anilines is 1. The molecule has 100 valence electrons. The zero-order valence-corrected chi connectivity index (χ0v) is 11.2. The zero-order chi connectivity index (χ0) is 12.6. The van der Waals surface area contributed by atoms with E-state index in [0.717, 1.165) is 18.9 Å². The van der Waals surface area contributed by atoms with E-state index in [1.54, 1.807) is 0 Å². The van der Waals surface area contributed by atoms with Crippen molar-refractivity contribution in [1.82, 2.24) is 0 Å². The molecule has 0 heterocycles. The second-order valence-corrected chi connectivity index (χ2v) is 5.39. The first-order valence-electron chi connectivity index (χ1n) is 7.32. The van der Waals surface area contributed by atoms with E-state index in [0.29, 0.717) is 0 Å². The van der Waals surface area contributed by atoms with Crippen LogP contribution in [0, 0.1) is 5.92 Å². The quantitative estimate of drug-likeness (QED) is 0.805. The summed E-state index contributed by atoms with van der Waals surface area (Å²) in [6.45, 7) is 1.30. The fourth-order valence-electron chi connectivity index (χ4n) is 2.86. The minimum atomic E-state index is 0.228. The summed E-state index contributed by atoms with van der Waals surface area (Å²) in [5.41, 5.74) is 2.40. The molecule has 0 amide bonds. The van der Waals surface area contributed by atoms with E-state index in [9.17, 15) is 0 Å². The highest BCUT2D eigenvalue weighted by Gasteiger charge is 2.12. The number of aliphatic hydroxyl groups excluding tert-OH is 1. The lowest BCUT2D eigenvalue weighted by Crippen LogP contribution is -2.12. The van der Waals surface area contributed by atoms with Gasteiger partial charge in [0.25, 0.3) is 0 Å². The number of hydrogen-bond donors (Lipinski definition) is 2. The van der Waals surface area contributed by atoms with Crippen LogP contribution in [0.4, 0.5) is 5.69 Å². The second kappa shape index (κ2) is 7.42. The Morgan fingerprint density at radius 1 is 1.17 bits per heavy atom. The highest BCUT2D eigenvalue weighted by Crippen LogP contribution is 2.26. The van der Waals surface area contributed by atoms with Crippen molar-refractivity contribution in [2.45, 2.75) is 44.9 Å². The maximum atomic E-state index is 8.94. The molecular formula is C16H25NO. The van der Waals surface area contributed by atoms with Crippen molar-refractivity contribution >= 4 is 5.69 Å². The van der Waals surface area contributed by atoms with E-state index in [4.69, 9.17) is 5.11 Å². The summed E-state index contributed by atoms with van der Waals surface area (Å²) in [5.74, 6) is 0.937. The first-order chi connectivity index (χ1) is 8.88. The molecule has 0 spiro atoms. The molecule has 1 saturated carbocycles. The van der Waals surface area contributed by atoms with Gasteiger partial charge in [0, 0.05) is 18.8 Å². The summed E-state index contributed by atoms with van der Waals surface area (Å²) in [4.78, 5) is 0. The van der Waals surface area contributed by atoms with E-state index < -0.39 is 0 Å². The molecule has 2 N–H and O–H groups in total. The summed E-state index contributed by atoms with van der Waals surface area (Å²) >= 11 is 0. The van der Waals surface area contributed by atoms with Gasteiger partial charge in [-0.3, -0.25) is 0 Å². The third-order valence-electron chi connectivity index (χ3n) is 3.93. The Bertz CT molecular complexity index is 345. The monoisotopic (exact) mass is 247 g/mol. The Morgan fingerprint density at radius 3 is 2.78 bits per heavy atom. The first kappa shape index (κ1) is 13.4. The smallest absolute Gasteiger partial charge is 0.0471 e. The first-order valence-corrected chi connectivity index (χ1v) is 7.32. The van der Waals surface area contributed by atoms with Crippen molar-refractivity contribution in [3.63, 3.8) is 0 Å². The Kier molecular flexibility index (Phi) is 5.53. The normalized spacial score (nSPS) is 16.7. The molecule has 2 nitrogen and oxygen atoms in total. The predicted octanol–water partition coefficient (Wildman–Crippen LogP) is 3.60. The van der Waals surface area contributed by atoms with Crippen molar-refractivity contribution in [2.24, 2.45) is 5.92 Å². The number of rotatable bonds is 6. The summed E-state index contributed by atoms with van der Waals surface area (Å²) in [6.07, 6.45) is 9.18. The Morgan fingerprint density at radius 2 is 2.00 bits per heavy atom. The van der Waals surface area contributed by atoms with E-state index in [1.165, 1.54) is 49.8 Å². The Hall–Kier alpha value is -1.02. The zero-order valence-electron chi connectivity index (χ0n) is 11.2. The summed E-state index contributed by atoms with van der Waals surface area (Å²) in [5, 5.41) is 12.4. The third-order valence-corrected chi connectivity index (χ3v) is 3.93.